The molecule has 0 amide bonds. The summed E-state index contributed by atoms with van der Waals surface area (Å²) in [5, 5.41) is 12.7. The van der Waals surface area contributed by atoms with Crippen LogP contribution in [0.15, 0.2) is 12.1 Å². The Kier molecular flexibility index (Phi) is 5.76. The van der Waals surface area contributed by atoms with Crippen LogP contribution in [0.2, 0.25) is 0 Å². The van der Waals surface area contributed by atoms with Gasteiger partial charge in [0, 0.05) is 12.1 Å². The molecule has 1 atom stereocenters. The molecule has 0 aliphatic rings. The average Bonchev–Trinajstić information content (AvgIpc) is 2.43. The quantitative estimate of drug-likeness (QED) is 0.794. The van der Waals surface area contributed by atoms with Crippen molar-refractivity contribution in [3.8, 4) is 17.2 Å². The minimum Gasteiger partial charge on any atom is -0.494 e. The van der Waals surface area contributed by atoms with Crippen molar-refractivity contribution < 1.29 is 19.3 Å². The molecule has 1 aromatic carbocycles. The highest BCUT2D eigenvalue weighted by atomic mass is 16.5. The molecule has 0 heterocycles. The Morgan fingerprint density at radius 3 is 1.95 bits per heavy atom. The highest BCUT2D eigenvalue weighted by Crippen LogP contribution is 2.38. The first-order valence-electron chi connectivity index (χ1n) is 6.24. The fourth-order valence-electron chi connectivity index (χ4n) is 1.76. The van der Waals surface area contributed by atoms with Crippen LogP contribution in [0, 0.1) is 5.92 Å². The zero-order valence-electron chi connectivity index (χ0n) is 12.2. The smallest absolute Gasteiger partial charge is 0.164 e. The molecule has 0 aliphatic carbocycles. The Morgan fingerprint density at radius 1 is 1.00 bits per heavy atom. The zero-order valence-corrected chi connectivity index (χ0v) is 12.2. The summed E-state index contributed by atoms with van der Waals surface area (Å²) in [6.45, 7) is 4.14. The monoisotopic (exact) mass is 269 g/mol. The summed E-state index contributed by atoms with van der Waals surface area (Å²) in [5.41, 5.74) is 0.771. The van der Waals surface area contributed by atoms with Crippen molar-refractivity contribution in [2.45, 2.75) is 19.9 Å². The second-order valence-electron chi connectivity index (χ2n) is 4.58. The minimum atomic E-state index is -0.0491. The maximum atomic E-state index is 9.39. The van der Waals surface area contributed by atoms with Crippen molar-refractivity contribution >= 4 is 5.69 Å². The van der Waals surface area contributed by atoms with E-state index in [0.717, 1.165) is 5.69 Å². The summed E-state index contributed by atoms with van der Waals surface area (Å²) in [6.07, 6.45) is 0. The number of methoxy groups -OCH3 is 3. The fraction of sp³-hybridized carbons (Fsp3) is 0.571. The predicted octanol–water partition coefficient (Wildman–Crippen LogP) is 2.14. The molecule has 108 valence electrons. The minimum absolute atomic E-state index is 0.0491. The van der Waals surface area contributed by atoms with Crippen molar-refractivity contribution in [1.82, 2.24) is 0 Å². The van der Waals surface area contributed by atoms with E-state index in [2.05, 4.69) is 5.32 Å². The number of hydrogen-bond donors (Lipinski definition) is 2. The van der Waals surface area contributed by atoms with Gasteiger partial charge in [-0.2, -0.15) is 0 Å². The number of aliphatic hydroxyl groups excluding tert-OH is 1. The standard InChI is InChI=1S/C14H23NO4/c1-9(2)11(8-16)15-10-6-13(18-4)14(19-5)7-12(10)17-3/h6-7,9,11,15-16H,8H2,1-5H3. The first kappa shape index (κ1) is 15.4. The Bertz CT molecular complexity index is 407. The number of nitrogens with one attached hydrogen (secondary N) is 1. The lowest BCUT2D eigenvalue weighted by molar-refractivity contribution is 0.249. The highest BCUT2D eigenvalue weighted by molar-refractivity contribution is 5.65. The summed E-state index contributed by atoms with van der Waals surface area (Å²) in [4.78, 5) is 0. The van der Waals surface area contributed by atoms with Gasteiger partial charge in [0.25, 0.3) is 0 Å². The molecular formula is C14H23NO4. The first-order valence-corrected chi connectivity index (χ1v) is 6.24. The van der Waals surface area contributed by atoms with E-state index < -0.39 is 0 Å². The highest BCUT2D eigenvalue weighted by Gasteiger charge is 2.17. The second-order valence-corrected chi connectivity index (χ2v) is 4.58. The van der Waals surface area contributed by atoms with Gasteiger partial charge in [0.05, 0.1) is 39.7 Å². The third-order valence-corrected chi connectivity index (χ3v) is 3.05. The number of ether oxygens (including phenoxy) is 3. The number of hydrogen-bond acceptors (Lipinski definition) is 5. The largest absolute Gasteiger partial charge is 0.494 e. The molecule has 1 unspecified atom stereocenters. The summed E-state index contributed by atoms with van der Waals surface area (Å²) in [7, 11) is 4.75. The van der Waals surface area contributed by atoms with Crippen LogP contribution in [0.5, 0.6) is 17.2 Å². The SMILES string of the molecule is COc1cc(OC)c(OC)cc1NC(CO)C(C)C. The van der Waals surface area contributed by atoms with Crippen LogP contribution in [0.4, 0.5) is 5.69 Å². The van der Waals surface area contributed by atoms with E-state index in [-0.39, 0.29) is 12.6 Å². The van der Waals surface area contributed by atoms with E-state index in [1.165, 1.54) is 0 Å². The summed E-state index contributed by atoms with van der Waals surface area (Å²) in [5.74, 6) is 2.17. The number of benzene rings is 1. The lowest BCUT2D eigenvalue weighted by atomic mass is 10.0. The number of anilines is 1. The van der Waals surface area contributed by atoms with E-state index >= 15 is 0 Å². The van der Waals surface area contributed by atoms with Gasteiger partial charge in [-0.1, -0.05) is 13.8 Å². The van der Waals surface area contributed by atoms with Crippen LogP contribution in [0.3, 0.4) is 0 Å². The lowest BCUT2D eigenvalue weighted by Crippen LogP contribution is -2.29. The van der Waals surface area contributed by atoms with E-state index in [0.29, 0.717) is 23.2 Å². The van der Waals surface area contributed by atoms with Crippen molar-refractivity contribution in [2.75, 3.05) is 33.3 Å². The molecule has 19 heavy (non-hydrogen) atoms. The van der Waals surface area contributed by atoms with Gasteiger partial charge in [0.15, 0.2) is 11.5 Å². The number of aliphatic hydroxyl groups is 1. The molecule has 5 nitrogen and oxygen atoms in total. The van der Waals surface area contributed by atoms with Gasteiger partial charge >= 0.3 is 0 Å². The maximum Gasteiger partial charge on any atom is 0.164 e. The van der Waals surface area contributed by atoms with Gasteiger partial charge in [-0.3, -0.25) is 0 Å². The molecule has 0 spiro atoms. The van der Waals surface area contributed by atoms with Crippen molar-refractivity contribution in [3.63, 3.8) is 0 Å². The molecule has 0 saturated heterocycles. The van der Waals surface area contributed by atoms with E-state index in [1.807, 2.05) is 19.9 Å². The molecule has 0 aromatic heterocycles. The molecule has 0 fully saturated rings. The Labute approximate surface area is 114 Å². The topological polar surface area (TPSA) is 60.0 Å². The zero-order chi connectivity index (χ0) is 14.4. The van der Waals surface area contributed by atoms with Gasteiger partial charge in [0.2, 0.25) is 0 Å². The average molecular weight is 269 g/mol. The first-order chi connectivity index (χ1) is 9.07. The molecular weight excluding hydrogens is 246 g/mol. The molecule has 1 rings (SSSR count). The summed E-state index contributed by atoms with van der Waals surface area (Å²) < 4.78 is 15.8. The Balaban J connectivity index is 3.11. The van der Waals surface area contributed by atoms with Crippen LogP contribution >= 0.6 is 0 Å². The molecule has 0 aliphatic heterocycles. The van der Waals surface area contributed by atoms with Crippen LogP contribution in [-0.4, -0.2) is 39.1 Å². The van der Waals surface area contributed by atoms with Crippen LogP contribution in [0.1, 0.15) is 13.8 Å². The van der Waals surface area contributed by atoms with Gasteiger partial charge in [-0.25, -0.2) is 0 Å². The normalized spacial score (nSPS) is 12.2. The number of rotatable bonds is 7. The fourth-order valence-corrected chi connectivity index (χ4v) is 1.76. The molecule has 2 N–H and O–H groups in total. The molecule has 0 saturated carbocycles. The van der Waals surface area contributed by atoms with Crippen molar-refractivity contribution in [2.24, 2.45) is 5.92 Å². The predicted molar refractivity (Wildman–Crippen MR) is 75.4 cm³/mol. The van der Waals surface area contributed by atoms with Crippen LogP contribution in [0.25, 0.3) is 0 Å². The molecule has 1 aromatic rings. The third-order valence-electron chi connectivity index (χ3n) is 3.05. The molecule has 5 heteroatoms. The van der Waals surface area contributed by atoms with Gasteiger partial charge in [-0.05, 0) is 5.92 Å². The van der Waals surface area contributed by atoms with Crippen molar-refractivity contribution in [1.29, 1.82) is 0 Å². The summed E-state index contributed by atoms with van der Waals surface area (Å²) in [6, 6.07) is 3.52. The Hall–Kier alpha value is -1.62. The van der Waals surface area contributed by atoms with Crippen molar-refractivity contribution in [3.05, 3.63) is 12.1 Å². The summed E-state index contributed by atoms with van der Waals surface area (Å²) >= 11 is 0. The van der Waals surface area contributed by atoms with Crippen LogP contribution < -0.4 is 19.5 Å². The molecule has 0 bridgehead atoms. The maximum absolute atomic E-state index is 9.39. The van der Waals surface area contributed by atoms with Gasteiger partial charge in [0.1, 0.15) is 5.75 Å². The van der Waals surface area contributed by atoms with E-state index in [1.54, 1.807) is 27.4 Å². The second kappa shape index (κ2) is 7.09. The van der Waals surface area contributed by atoms with E-state index in [9.17, 15) is 5.11 Å². The van der Waals surface area contributed by atoms with Gasteiger partial charge < -0.3 is 24.6 Å². The van der Waals surface area contributed by atoms with Crippen LogP contribution in [-0.2, 0) is 0 Å². The molecule has 0 radical (unpaired) electrons. The Morgan fingerprint density at radius 2 is 1.53 bits per heavy atom. The third kappa shape index (κ3) is 3.67. The van der Waals surface area contributed by atoms with Gasteiger partial charge in [-0.15, -0.1) is 0 Å². The lowest BCUT2D eigenvalue weighted by Gasteiger charge is -2.23. The van der Waals surface area contributed by atoms with E-state index in [4.69, 9.17) is 14.2 Å².